The number of rotatable bonds is 6. The minimum Gasteiger partial charge on any atom is -0.494 e. The summed E-state index contributed by atoms with van der Waals surface area (Å²) in [5.74, 6) is 0.685. The van der Waals surface area contributed by atoms with Gasteiger partial charge in [-0.05, 0) is 60.8 Å². The molecule has 25 heavy (non-hydrogen) atoms. The van der Waals surface area contributed by atoms with E-state index in [1.807, 2.05) is 54.8 Å². The van der Waals surface area contributed by atoms with Crippen LogP contribution in [0.5, 0.6) is 5.75 Å². The van der Waals surface area contributed by atoms with Gasteiger partial charge in [-0.2, -0.15) is 0 Å². The molecule has 3 aromatic rings. The molecule has 0 saturated carbocycles. The summed E-state index contributed by atoms with van der Waals surface area (Å²) in [6, 6.07) is 18.6. The first-order chi connectivity index (χ1) is 12.2. The van der Waals surface area contributed by atoms with Crippen LogP contribution in [0.25, 0.3) is 0 Å². The highest BCUT2D eigenvalue weighted by Crippen LogP contribution is 2.25. The quantitative estimate of drug-likeness (QED) is 0.560. The molecule has 0 spiro atoms. The summed E-state index contributed by atoms with van der Waals surface area (Å²) in [5, 5.41) is 2.61. The Morgan fingerprint density at radius 1 is 1.12 bits per heavy atom. The first-order valence-electron chi connectivity index (χ1n) is 8.00. The van der Waals surface area contributed by atoms with Crippen molar-refractivity contribution < 1.29 is 9.53 Å². The number of anilines is 1. The van der Waals surface area contributed by atoms with E-state index in [9.17, 15) is 4.79 Å². The molecule has 0 fully saturated rings. The molecule has 5 heteroatoms. The zero-order valence-corrected chi connectivity index (χ0v) is 15.4. The second-order valence-corrected chi connectivity index (χ2v) is 6.88. The maximum Gasteiger partial charge on any atom is 0.258 e. The maximum atomic E-state index is 13.1. The average Bonchev–Trinajstić information content (AvgIpc) is 3.13. The lowest BCUT2D eigenvalue weighted by Crippen LogP contribution is -2.30. The third-order valence-electron chi connectivity index (χ3n) is 3.67. The minimum absolute atomic E-state index is 0.0706. The number of carbonyl (C=O) groups excluding carboxylic acids is 1. The van der Waals surface area contributed by atoms with Gasteiger partial charge in [-0.1, -0.05) is 23.7 Å². The molecular weight excluding hydrogens is 354 g/mol. The summed E-state index contributed by atoms with van der Waals surface area (Å²) in [5.41, 5.74) is 1.39. The van der Waals surface area contributed by atoms with Crippen molar-refractivity contribution in [3.05, 3.63) is 81.5 Å². The summed E-state index contributed by atoms with van der Waals surface area (Å²) in [7, 11) is 0. The summed E-state index contributed by atoms with van der Waals surface area (Å²) in [6.07, 6.45) is 0. The third kappa shape index (κ3) is 4.41. The Labute approximate surface area is 156 Å². The second-order valence-electron chi connectivity index (χ2n) is 5.41. The first-order valence-corrected chi connectivity index (χ1v) is 9.26. The van der Waals surface area contributed by atoms with E-state index >= 15 is 0 Å². The Morgan fingerprint density at radius 2 is 1.92 bits per heavy atom. The molecule has 0 unspecified atom stereocenters. The number of hydrogen-bond donors (Lipinski definition) is 0. The van der Waals surface area contributed by atoms with Gasteiger partial charge in [0.1, 0.15) is 5.75 Å². The third-order valence-corrected chi connectivity index (χ3v) is 4.77. The Bertz CT molecular complexity index is 831. The monoisotopic (exact) mass is 371 g/mol. The van der Waals surface area contributed by atoms with Crippen molar-refractivity contribution in [1.82, 2.24) is 0 Å². The van der Waals surface area contributed by atoms with E-state index in [0.717, 1.165) is 16.3 Å². The zero-order valence-electron chi connectivity index (χ0n) is 13.8. The van der Waals surface area contributed by atoms with Gasteiger partial charge in [0.25, 0.3) is 5.91 Å². The van der Waals surface area contributed by atoms with Crippen LogP contribution in [0, 0.1) is 0 Å². The van der Waals surface area contributed by atoms with Crippen LogP contribution >= 0.6 is 22.9 Å². The highest BCUT2D eigenvalue weighted by atomic mass is 35.5. The van der Waals surface area contributed by atoms with Crippen LogP contribution in [0.2, 0.25) is 5.02 Å². The molecule has 0 bridgehead atoms. The van der Waals surface area contributed by atoms with Crippen LogP contribution in [-0.4, -0.2) is 12.5 Å². The molecular formula is C20H18ClNO2S. The molecule has 128 valence electrons. The topological polar surface area (TPSA) is 29.5 Å². The first kappa shape index (κ1) is 17.5. The summed E-state index contributed by atoms with van der Waals surface area (Å²) in [4.78, 5) is 16.0. The molecule has 0 N–H and O–H groups in total. The van der Waals surface area contributed by atoms with Gasteiger partial charge in [-0.25, -0.2) is 0 Å². The number of amides is 1. The molecule has 1 amide bonds. The second kappa shape index (κ2) is 8.19. The molecule has 3 rings (SSSR count). The highest BCUT2D eigenvalue weighted by molar-refractivity contribution is 7.09. The van der Waals surface area contributed by atoms with E-state index in [0.29, 0.717) is 23.7 Å². The molecule has 1 heterocycles. The van der Waals surface area contributed by atoms with E-state index < -0.39 is 0 Å². The number of thiophene rings is 1. The van der Waals surface area contributed by atoms with Gasteiger partial charge in [-0.15, -0.1) is 11.3 Å². The molecule has 0 aliphatic rings. The molecule has 0 radical (unpaired) electrons. The number of nitrogens with zero attached hydrogens (tertiary/aromatic N) is 1. The lowest BCUT2D eigenvalue weighted by atomic mass is 10.1. The Kier molecular flexibility index (Phi) is 5.74. The molecule has 0 aliphatic carbocycles. The van der Waals surface area contributed by atoms with Crippen molar-refractivity contribution in [1.29, 1.82) is 0 Å². The Balaban J connectivity index is 1.91. The molecule has 0 aliphatic heterocycles. The van der Waals surface area contributed by atoms with Crippen molar-refractivity contribution in [2.45, 2.75) is 13.5 Å². The van der Waals surface area contributed by atoms with Gasteiger partial charge >= 0.3 is 0 Å². The Morgan fingerprint density at radius 3 is 2.56 bits per heavy atom. The number of benzene rings is 2. The summed E-state index contributed by atoms with van der Waals surface area (Å²) >= 11 is 7.75. The van der Waals surface area contributed by atoms with E-state index in [4.69, 9.17) is 16.3 Å². The van der Waals surface area contributed by atoms with Crippen LogP contribution in [0.1, 0.15) is 22.2 Å². The molecule has 2 aromatic carbocycles. The van der Waals surface area contributed by atoms with Crippen molar-refractivity contribution in [3.8, 4) is 5.75 Å². The SMILES string of the molecule is CCOc1ccc(C(=O)N(Cc2cccs2)c2cccc(Cl)c2)cc1. The predicted molar refractivity (Wildman–Crippen MR) is 104 cm³/mol. The number of carbonyl (C=O) groups is 1. The van der Waals surface area contributed by atoms with Gasteiger partial charge < -0.3 is 9.64 Å². The minimum atomic E-state index is -0.0706. The highest BCUT2D eigenvalue weighted by Gasteiger charge is 2.19. The van der Waals surface area contributed by atoms with Crippen molar-refractivity contribution in [2.24, 2.45) is 0 Å². The van der Waals surface area contributed by atoms with Gasteiger partial charge in [0.15, 0.2) is 0 Å². The summed E-state index contributed by atoms with van der Waals surface area (Å²) in [6.45, 7) is 3.03. The van der Waals surface area contributed by atoms with E-state index in [1.165, 1.54) is 0 Å². The molecule has 0 saturated heterocycles. The van der Waals surface area contributed by atoms with Crippen molar-refractivity contribution in [3.63, 3.8) is 0 Å². The fraction of sp³-hybridized carbons (Fsp3) is 0.150. The number of hydrogen-bond acceptors (Lipinski definition) is 3. The Hall–Kier alpha value is -2.30. The fourth-order valence-corrected chi connectivity index (χ4v) is 3.38. The normalized spacial score (nSPS) is 10.5. The fourth-order valence-electron chi connectivity index (χ4n) is 2.50. The van der Waals surface area contributed by atoms with Crippen LogP contribution < -0.4 is 9.64 Å². The maximum absolute atomic E-state index is 13.1. The van der Waals surface area contributed by atoms with Gasteiger partial charge in [-0.3, -0.25) is 4.79 Å². The zero-order chi connectivity index (χ0) is 17.6. The van der Waals surface area contributed by atoms with Crippen LogP contribution in [-0.2, 0) is 6.54 Å². The van der Waals surface area contributed by atoms with Crippen LogP contribution in [0.4, 0.5) is 5.69 Å². The number of ether oxygens (including phenoxy) is 1. The van der Waals surface area contributed by atoms with Crippen LogP contribution in [0.15, 0.2) is 66.0 Å². The average molecular weight is 372 g/mol. The molecule has 1 aromatic heterocycles. The number of halogens is 1. The van der Waals surface area contributed by atoms with Gasteiger partial charge in [0, 0.05) is 21.2 Å². The van der Waals surface area contributed by atoms with Crippen molar-refractivity contribution >= 4 is 34.5 Å². The lowest BCUT2D eigenvalue weighted by Gasteiger charge is -2.23. The van der Waals surface area contributed by atoms with Crippen molar-refractivity contribution in [2.75, 3.05) is 11.5 Å². The molecule has 3 nitrogen and oxygen atoms in total. The van der Waals surface area contributed by atoms with Crippen LogP contribution in [0.3, 0.4) is 0 Å². The van der Waals surface area contributed by atoms with Gasteiger partial charge in [0.05, 0.1) is 13.2 Å². The van der Waals surface area contributed by atoms with E-state index in [1.54, 1.807) is 34.4 Å². The van der Waals surface area contributed by atoms with Gasteiger partial charge in [0.2, 0.25) is 0 Å². The largest absolute Gasteiger partial charge is 0.494 e. The van der Waals surface area contributed by atoms with E-state index in [2.05, 4.69) is 0 Å². The smallest absolute Gasteiger partial charge is 0.258 e. The summed E-state index contributed by atoms with van der Waals surface area (Å²) < 4.78 is 5.45. The molecule has 0 atom stereocenters. The standard InChI is InChI=1S/C20H18ClNO2S/c1-2-24-18-10-8-15(9-11-18)20(23)22(14-19-7-4-12-25-19)17-6-3-5-16(21)13-17/h3-13H,2,14H2,1H3. The van der Waals surface area contributed by atoms with E-state index in [-0.39, 0.29) is 5.91 Å². The lowest BCUT2D eigenvalue weighted by molar-refractivity contribution is 0.0985. The predicted octanol–water partition coefficient (Wildman–Crippen LogP) is 5.65.